The average Bonchev–Trinajstić information content (AvgIpc) is 2.03. The van der Waals surface area contributed by atoms with E-state index in [1.165, 1.54) is 12.1 Å². The third kappa shape index (κ3) is 3.21. The van der Waals surface area contributed by atoms with Gasteiger partial charge in [-0.15, -0.1) is 12.4 Å². The van der Waals surface area contributed by atoms with Crippen LogP contribution < -0.4 is 5.73 Å². The minimum atomic E-state index is -1.42. The zero-order valence-electron chi connectivity index (χ0n) is 6.64. The maximum atomic E-state index is 13.0. The normalized spacial score (nSPS) is 12.0. The molecule has 0 saturated carbocycles. The number of benzene rings is 1. The first-order valence-corrected chi connectivity index (χ1v) is 4.23. The fraction of sp³-hybridized carbons (Fsp3) is 0.250. The molecule has 1 atom stereocenters. The van der Waals surface area contributed by atoms with Crippen LogP contribution in [0.25, 0.3) is 0 Å². The fourth-order valence-corrected chi connectivity index (χ4v) is 1.22. The number of hydrogen-bond acceptors (Lipinski definition) is 1. The van der Waals surface area contributed by atoms with E-state index in [0.717, 1.165) is 0 Å². The van der Waals surface area contributed by atoms with Crippen LogP contribution in [0.2, 0.25) is 0 Å². The van der Waals surface area contributed by atoms with Crippen molar-refractivity contribution in [2.24, 2.45) is 5.73 Å². The Kier molecular flexibility index (Phi) is 5.44. The highest BCUT2D eigenvalue weighted by molar-refractivity contribution is 9.10. The molecule has 0 aliphatic carbocycles. The van der Waals surface area contributed by atoms with Crippen molar-refractivity contribution in [3.63, 3.8) is 0 Å². The molecule has 0 amide bonds. The molecular formula is C8H9BrClF2N. The minimum Gasteiger partial charge on any atom is -0.327 e. The van der Waals surface area contributed by atoms with Gasteiger partial charge < -0.3 is 5.73 Å². The Hall–Kier alpha value is -0.190. The second-order valence-electron chi connectivity index (χ2n) is 2.37. The molecule has 0 spiro atoms. The summed E-state index contributed by atoms with van der Waals surface area (Å²) >= 11 is 3.07. The van der Waals surface area contributed by atoms with Crippen LogP contribution in [0.1, 0.15) is 11.7 Å². The van der Waals surface area contributed by atoms with Crippen LogP contribution in [-0.4, -0.2) is 6.54 Å². The molecule has 13 heavy (non-hydrogen) atoms. The number of alkyl halides is 1. The molecule has 1 aromatic carbocycles. The van der Waals surface area contributed by atoms with E-state index in [4.69, 9.17) is 5.73 Å². The van der Waals surface area contributed by atoms with Crippen LogP contribution in [0.3, 0.4) is 0 Å². The van der Waals surface area contributed by atoms with Crippen molar-refractivity contribution in [1.82, 2.24) is 0 Å². The third-order valence-corrected chi connectivity index (χ3v) is 2.00. The van der Waals surface area contributed by atoms with Gasteiger partial charge in [0, 0.05) is 16.6 Å². The summed E-state index contributed by atoms with van der Waals surface area (Å²) in [5.74, 6) is -0.567. The zero-order valence-corrected chi connectivity index (χ0v) is 9.04. The average molecular weight is 273 g/mol. The van der Waals surface area contributed by atoms with Gasteiger partial charge in [-0.25, -0.2) is 8.78 Å². The highest BCUT2D eigenvalue weighted by Gasteiger charge is 2.12. The first-order valence-electron chi connectivity index (χ1n) is 3.44. The first kappa shape index (κ1) is 12.8. The van der Waals surface area contributed by atoms with E-state index in [-0.39, 0.29) is 24.5 Å². The van der Waals surface area contributed by atoms with Crippen molar-refractivity contribution in [3.8, 4) is 0 Å². The van der Waals surface area contributed by atoms with Crippen molar-refractivity contribution in [1.29, 1.82) is 0 Å². The SMILES string of the molecule is Cl.NCC(F)c1ccc(Br)cc1F. The monoisotopic (exact) mass is 271 g/mol. The lowest BCUT2D eigenvalue weighted by Gasteiger charge is -2.06. The second-order valence-corrected chi connectivity index (χ2v) is 3.28. The maximum Gasteiger partial charge on any atom is 0.140 e. The van der Waals surface area contributed by atoms with E-state index in [1.54, 1.807) is 6.07 Å². The molecule has 0 bridgehead atoms. The standard InChI is InChI=1S/C8H8BrF2N.ClH/c9-5-1-2-6(7(10)3-5)8(11)4-12;/h1-3,8H,4,12H2;1H. The van der Waals surface area contributed by atoms with E-state index in [2.05, 4.69) is 15.9 Å². The van der Waals surface area contributed by atoms with Crippen molar-refractivity contribution >= 4 is 28.3 Å². The largest absolute Gasteiger partial charge is 0.327 e. The van der Waals surface area contributed by atoms with Gasteiger partial charge in [-0.2, -0.15) is 0 Å². The number of rotatable bonds is 2. The van der Waals surface area contributed by atoms with Gasteiger partial charge in [-0.3, -0.25) is 0 Å². The highest BCUT2D eigenvalue weighted by Crippen LogP contribution is 2.22. The van der Waals surface area contributed by atoms with E-state index in [0.29, 0.717) is 4.47 Å². The quantitative estimate of drug-likeness (QED) is 0.880. The van der Waals surface area contributed by atoms with Gasteiger partial charge in [0.15, 0.2) is 0 Å². The summed E-state index contributed by atoms with van der Waals surface area (Å²) in [5, 5.41) is 0. The van der Waals surface area contributed by atoms with Gasteiger partial charge >= 0.3 is 0 Å². The fourth-order valence-electron chi connectivity index (χ4n) is 0.883. The number of nitrogens with two attached hydrogens (primary N) is 1. The summed E-state index contributed by atoms with van der Waals surface area (Å²) in [6, 6.07) is 4.19. The first-order chi connectivity index (χ1) is 5.65. The molecule has 1 rings (SSSR count). The summed E-state index contributed by atoms with van der Waals surface area (Å²) in [6.45, 7) is -0.196. The molecule has 1 unspecified atom stereocenters. The minimum absolute atomic E-state index is 0. The van der Waals surface area contributed by atoms with E-state index in [1.807, 2.05) is 0 Å². The van der Waals surface area contributed by atoms with Crippen LogP contribution in [0.5, 0.6) is 0 Å². The number of halogens is 4. The van der Waals surface area contributed by atoms with Crippen molar-refractivity contribution in [2.75, 3.05) is 6.54 Å². The third-order valence-electron chi connectivity index (χ3n) is 1.51. The molecule has 0 aromatic heterocycles. The van der Waals surface area contributed by atoms with Crippen LogP contribution >= 0.6 is 28.3 Å². The van der Waals surface area contributed by atoms with Crippen molar-refractivity contribution in [3.05, 3.63) is 34.1 Å². The number of hydrogen-bond donors (Lipinski definition) is 1. The topological polar surface area (TPSA) is 26.0 Å². The van der Waals surface area contributed by atoms with Gasteiger partial charge in [-0.1, -0.05) is 22.0 Å². The van der Waals surface area contributed by atoms with E-state index in [9.17, 15) is 8.78 Å². The lowest BCUT2D eigenvalue weighted by atomic mass is 10.1. The maximum absolute atomic E-state index is 13.0. The highest BCUT2D eigenvalue weighted by atomic mass is 79.9. The summed E-state index contributed by atoms with van der Waals surface area (Å²) in [5.41, 5.74) is 5.07. The molecule has 0 aliphatic rings. The smallest absolute Gasteiger partial charge is 0.140 e. The predicted octanol–water partition coefficient (Wildman–Crippen LogP) is 2.98. The Labute approximate surface area is 89.9 Å². The zero-order chi connectivity index (χ0) is 9.14. The molecule has 0 aliphatic heterocycles. The van der Waals surface area contributed by atoms with Crippen molar-refractivity contribution < 1.29 is 8.78 Å². The lowest BCUT2D eigenvalue weighted by molar-refractivity contribution is 0.341. The van der Waals surface area contributed by atoms with Crippen LogP contribution in [0.4, 0.5) is 8.78 Å². The van der Waals surface area contributed by atoms with Crippen LogP contribution in [0, 0.1) is 5.82 Å². The second kappa shape index (κ2) is 5.52. The van der Waals surface area contributed by atoms with E-state index < -0.39 is 12.0 Å². The van der Waals surface area contributed by atoms with Gasteiger partial charge in [0.25, 0.3) is 0 Å². The Balaban J connectivity index is 0.00000144. The molecule has 1 aromatic rings. The van der Waals surface area contributed by atoms with Gasteiger partial charge in [0.05, 0.1) is 0 Å². The molecule has 2 N–H and O–H groups in total. The summed E-state index contributed by atoms with van der Waals surface area (Å²) in [7, 11) is 0. The lowest BCUT2D eigenvalue weighted by Crippen LogP contribution is -2.09. The molecule has 1 nitrogen and oxygen atoms in total. The molecule has 74 valence electrons. The molecule has 0 saturated heterocycles. The van der Waals surface area contributed by atoms with Crippen molar-refractivity contribution in [2.45, 2.75) is 6.17 Å². The summed E-state index contributed by atoms with van der Waals surface area (Å²) in [6.07, 6.45) is -1.42. The molecule has 0 heterocycles. The van der Waals surface area contributed by atoms with Crippen LogP contribution in [0.15, 0.2) is 22.7 Å². The van der Waals surface area contributed by atoms with Gasteiger partial charge in [-0.05, 0) is 12.1 Å². The Bertz CT molecular complexity index is 283. The van der Waals surface area contributed by atoms with Gasteiger partial charge in [0.1, 0.15) is 12.0 Å². The Morgan fingerprint density at radius 3 is 2.54 bits per heavy atom. The Morgan fingerprint density at radius 2 is 2.08 bits per heavy atom. The van der Waals surface area contributed by atoms with Crippen LogP contribution in [-0.2, 0) is 0 Å². The van der Waals surface area contributed by atoms with E-state index >= 15 is 0 Å². The predicted molar refractivity (Wildman–Crippen MR) is 54.3 cm³/mol. The summed E-state index contributed by atoms with van der Waals surface area (Å²) in [4.78, 5) is 0. The Morgan fingerprint density at radius 1 is 1.46 bits per heavy atom. The molecule has 0 fully saturated rings. The van der Waals surface area contributed by atoms with Gasteiger partial charge in [0.2, 0.25) is 0 Å². The molecule has 0 radical (unpaired) electrons. The molecular weight excluding hydrogens is 263 g/mol. The molecule has 5 heteroatoms. The summed E-state index contributed by atoms with van der Waals surface area (Å²) < 4.78 is 26.4.